The highest BCUT2D eigenvalue weighted by molar-refractivity contribution is 8.02. The summed E-state index contributed by atoms with van der Waals surface area (Å²) in [6, 6.07) is 6.08. The number of aliphatic hydroxyl groups excluding tert-OH is 1. The van der Waals surface area contributed by atoms with Crippen LogP contribution in [0.5, 0.6) is 0 Å². The smallest absolute Gasteiger partial charge is 0.311 e. The van der Waals surface area contributed by atoms with Crippen molar-refractivity contribution in [1.82, 2.24) is 24.8 Å². The van der Waals surface area contributed by atoms with Gasteiger partial charge in [-0.15, -0.1) is 30.0 Å². The SMILES string of the molecule is C=CCCCOC(=O)[C@@H]1[C@H]2C(=O)N([C@@H](CO)C(C)C)C(C(=O)N(CC=C)Cn3nnc4ccccc43)C23CC[C@@]1(C)S3. The van der Waals surface area contributed by atoms with Crippen LogP contribution in [-0.2, 0) is 25.8 Å². The van der Waals surface area contributed by atoms with E-state index < -0.39 is 33.4 Å². The summed E-state index contributed by atoms with van der Waals surface area (Å²) < 4.78 is 6.03. The molecule has 10 nitrogen and oxygen atoms in total. The molecule has 11 heteroatoms. The molecule has 6 atom stereocenters. The van der Waals surface area contributed by atoms with Gasteiger partial charge in [-0.1, -0.05) is 43.3 Å². The predicted octanol–water partition coefficient (Wildman–Crippen LogP) is 3.41. The molecule has 0 saturated carbocycles. The molecule has 42 heavy (non-hydrogen) atoms. The van der Waals surface area contributed by atoms with Gasteiger partial charge in [-0.3, -0.25) is 14.4 Å². The van der Waals surface area contributed by atoms with Crippen LogP contribution >= 0.6 is 11.8 Å². The molecule has 2 unspecified atom stereocenters. The number of amides is 2. The van der Waals surface area contributed by atoms with Crippen molar-refractivity contribution in [3.63, 3.8) is 0 Å². The third kappa shape index (κ3) is 4.84. The van der Waals surface area contributed by atoms with Crippen molar-refractivity contribution in [2.75, 3.05) is 19.8 Å². The van der Waals surface area contributed by atoms with E-state index in [1.54, 1.807) is 38.4 Å². The van der Waals surface area contributed by atoms with E-state index in [1.807, 2.05) is 45.0 Å². The summed E-state index contributed by atoms with van der Waals surface area (Å²) in [5, 5.41) is 19.0. The minimum absolute atomic E-state index is 0.112. The summed E-state index contributed by atoms with van der Waals surface area (Å²) in [6.45, 7) is 13.8. The number of benzene rings is 1. The Morgan fingerprint density at radius 1 is 1.26 bits per heavy atom. The van der Waals surface area contributed by atoms with Gasteiger partial charge in [0.05, 0.1) is 41.4 Å². The van der Waals surface area contributed by atoms with E-state index in [1.165, 1.54) is 0 Å². The van der Waals surface area contributed by atoms with Crippen LogP contribution in [0, 0.1) is 17.8 Å². The Hall–Kier alpha value is -3.18. The first-order chi connectivity index (χ1) is 20.1. The summed E-state index contributed by atoms with van der Waals surface area (Å²) in [6.07, 6.45) is 6.13. The van der Waals surface area contributed by atoms with Crippen molar-refractivity contribution >= 4 is 40.6 Å². The van der Waals surface area contributed by atoms with Gasteiger partial charge in [0.1, 0.15) is 18.2 Å². The molecular weight excluding hydrogens is 554 g/mol. The zero-order chi connectivity index (χ0) is 30.2. The van der Waals surface area contributed by atoms with Crippen LogP contribution in [0.1, 0.15) is 46.5 Å². The van der Waals surface area contributed by atoms with Crippen LogP contribution in [0.4, 0.5) is 0 Å². The molecule has 1 aromatic carbocycles. The monoisotopic (exact) mass is 595 g/mol. The van der Waals surface area contributed by atoms with Gasteiger partial charge in [0.15, 0.2) is 0 Å². The molecule has 2 aromatic rings. The number of aromatic nitrogens is 3. The van der Waals surface area contributed by atoms with Crippen molar-refractivity contribution in [1.29, 1.82) is 0 Å². The van der Waals surface area contributed by atoms with Gasteiger partial charge >= 0.3 is 5.97 Å². The van der Waals surface area contributed by atoms with E-state index in [0.717, 1.165) is 11.9 Å². The number of aliphatic hydroxyl groups is 1. The van der Waals surface area contributed by atoms with Gasteiger partial charge in [0.25, 0.3) is 0 Å². The van der Waals surface area contributed by atoms with E-state index in [4.69, 9.17) is 4.74 Å². The van der Waals surface area contributed by atoms with E-state index in [-0.39, 0.29) is 50.1 Å². The van der Waals surface area contributed by atoms with Gasteiger partial charge in [-0.25, -0.2) is 4.68 Å². The lowest BCUT2D eigenvalue weighted by molar-refractivity contribution is -0.156. The van der Waals surface area contributed by atoms with E-state index in [9.17, 15) is 19.5 Å². The Bertz CT molecular complexity index is 1380. The molecular formula is C31H41N5O5S. The number of likely N-dealkylation sites (tertiary alicyclic amines) is 1. The van der Waals surface area contributed by atoms with Crippen molar-refractivity contribution < 1.29 is 24.2 Å². The zero-order valence-corrected chi connectivity index (χ0v) is 25.5. The quantitative estimate of drug-likeness (QED) is 0.213. The average molecular weight is 596 g/mol. The standard InChI is InChI=1S/C31H41N5O5S/c1-6-8-11-17-41-29(40)25-24-27(38)36(23(18-37)20(3)4)26(31(24)15-14-30(25,5)42-31)28(39)34(16-7-2)19-35-22-13-10-9-12-21(22)32-33-35/h6-7,9-10,12-13,20,23-26,37H,1-2,8,11,14-19H2,3-5H3/t23-,24-,25-,26?,30+,31?/m0/s1. The highest BCUT2D eigenvalue weighted by atomic mass is 32.2. The number of unbranched alkanes of at least 4 members (excludes halogenated alkanes) is 1. The van der Waals surface area contributed by atoms with Crippen molar-refractivity contribution in [3.8, 4) is 0 Å². The fourth-order valence-electron chi connectivity index (χ4n) is 7.20. The maximum Gasteiger partial charge on any atom is 0.311 e. The molecule has 4 heterocycles. The molecule has 5 rings (SSSR count). The number of ether oxygens (including phenoxy) is 1. The lowest BCUT2D eigenvalue weighted by Crippen LogP contribution is -2.58. The summed E-state index contributed by atoms with van der Waals surface area (Å²) >= 11 is 1.59. The van der Waals surface area contributed by atoms with Gasteiger partial charge in [0, 0.05) is 11.3 Å². The van der Waals surface area contributed by atoms with Crippen molar-refractivity contribution in [2.45, 2.75) is 74.7 Å². The second kappa shape index (κ2) is 11.8. The minimum Gasteiger partial charge on any atom is -0.465 e. The Morgan fingerprint density at radius 2 is 2.02 bits per heavy atom. The second-order valence-corrected chi connectivity index (χ2v) is 14.0. The number of fused-ring (bicyclic) bond motifs is 2. The molecule has 1 spiro atoms. The molecule has 3 aliphatic heterocycles. The largest absolute Gasteiger partial charge is 0.465 e. The number of para-hydroxylation sites is 1. The lowest BCUT2D eigenvalue weighted by Gasteiger charge is -2.40. The summed E-state index contributed by atoms with van der Waals surface area (Å²) in [7, 11) is 0. The highest BCUT2D eigenvalue weighted by Crippen LogP contribution is 2.72. The normalized spacial score (nSPS) is 28.7. The molecule has 3 fully saturated rings. The first kappa shape index (κ1) is 30.3. The first-order valence-corrected chi connectivity index (χ1v) is 15.5. The first-order valence-electron chi connectivity index (χ1n) is 14.7. The number of allylic oxidation sites excluding steroid dienone is 1. The maximum atomic E-state index is 14.7. The Morgan fingerprint density at radius 3 is 2.71 bits per heavy atom. The number of esters is 1. The number of hydrogen-bond acceptors (Lipinski definition) is 8. The van der Waals surface area contributed by atoms with Crippen LogP contribution < -0.4 is 0 Å². The third-order valence-electron chi connectivity index (χ3n) is 9.20. The van der Waals surface area contributed by atoms with Gasteiger partial charge in [0.2, 0.25) is 11.8 Å². The summed E-state index contributed by atoms with van der Waals surface area (Å²) in [4.78, 5) is 46.1. The summed E-state index contributed by atoms with van der Waals surface area (Å²) in [5.41, 5.74) is 1.50. The molecule has 3 saturated heterocycles. The van der Waals surface area contributed by atoms with Crippen LogP contribution in [0.3, 0.4) is 0 Å². The Kier molecular flexibility index (Phi) is 8.53. The predicted molar refractivity (Wildman–Crippen MR) is 161 cm³/mol. The van der Waals surface area contributed by atoms with E-state index in [2.05, 4.69) is 23.5 Å². The second-order valence-electron chi connectivity index (χ2n) is 12.1. The molecule has 1 aromatic heterocycles. The van der Waals surface area contributed by atoms with Gasteiger partial charge in [-0.05, 0) is 50.7 Å². The van der Waals surface area contributed by atoms with Crippen LogP contribution in [-0.4, -0.2) is 89.0 Å². The fourth-order valence-corrected chi connectivity index (χ4v) is 9.52. The third-order valence-corrected chi connectivity index (χ3v) is 11.2. The van der Waals surface area contributed by atoms with Gasteiger partial charge < -0.3 is 19.6 Å². The lowest BCUT2D eigenvalue weighted by atomic mass is 9.66. The number of carbonyl (C=O) groups is 3. The number of nitrogens with zero attached hydrogens (tertiary/aromatic N) is 5. The average Bonchev–Trinajstić information content (AvgIpc) is 3.67. The number of thioether (sulfide) groups is 1. The maximum absolute atomic E-state index is 14.7. The van der Waals surface area contributed by atoms with Crippen LogP contribution in [0.2, 0.25) is 0 Å². The molecule has 1 N–H and O–H groups in total. The molecule has 226 valence electrons. The van der Waals surface area contributed by atoms with Crippen LogP contribution in [0.15, 0.2) is 49.6 Å². The van der Waals surface area contributed by atoms with Gasteiger partial charge in [-0.2, -0.15) is 0 Å². The van der Waals surface area contributed by atoms with E-state index in [0.29, 0.717) is 24.8 Å². The molecule has 2 bridgehead atoms. The minimum atomic E-state index is -0.866. The number of rotatable bonds is 13. The molecule has 0 radical (unpaired) electrons. The number of carbonyl (C=O) groups excluding carboxylic acids is 3. The summed E-state index contributed by atoms with van der Waals surface area (Å²) in [5.74, 6) is -2.39. The Balaban J connectivity index is 1.54. The molecule has 0 aliphatic carbocycles. The fraction of sp³-hybridized carbons (Fsp3) is 0.581. The van der Waals surface area contributed by atoms with Crippen molar-refractivity contribution in [2.24, 2.45) is 17.8 Å². The topological polar surface area (TPSA) is 118 Å². The molecule has 2 amide bonds. The zero-order valence-electron chi connectivity index (χ0n) is 24.6. The molecule has 3 aliphatic rings. The highest BCUT2D eigenvalue weighted by Gasteiger charge is 2.78. The van der Waals surface area contributed by atoms with Crippen LogP contribution in [0.25, 0.3) is 11.0 Å². The van der Waals surface area contributed by atoms with Crippen molar-refractivity contribution in [3.05, 3.63) is 49.6 Å². The Labute approximate surface area is 251 Å². The van der Waals surface area contributed by atoms with E-state index >= 15 is 0 Å². The number of hydrogen-bond donors (Lipinski definition) is 1.